The van der Waals surface area contributed by atoms with Crippen LogP contribution in [0.5, 0.6) is 0 Å². The Kier molecular flexibility index (Phi) is 8.43. The average Bonchev–Trinajstić information content (AvgIpc) is 3.36. The van der Waals surface area contributed by atoms with E-state index in [9.17, 15) is 4.11 Å². The van der Waals surface area contributed by atoms with E-state index in [4.69, 9.17) is 0 Å². The highest BCUT2D eigenvalue weighted by Crippen LogP contribution is 2.45. The van der Waals surface area contributed by atoms with Crippen molar-refractivity contribution >= 4 is 49.4 Å². The average molecular weight is 779 g/mol. The number of hydrogen-bond acceptors (Lipinski definition) is 1. The quantitative estimate of drug-likeness (QED) is 0.139. The summed E-state index contributed by atoms with van der Waals surface area (Å²) in [6.45, 7) is 0. The van der Waals surface area contributed by atoms with Gasteiger partial charge in [-0.25, -0.2) is 0 Å². The number of anilines is 3. The predicted molar refractivity (Wildman–Crippen MR) is 261 cm³/mol. The molecule has 0 heterocycles. The van der Waals surface area contributed by atoms with Gasteiger partial charge in [-0.05, 0) is 125 Å². The van der Waals surface area contributed by atoms with Gasteiger partial charge in [0.2, 0.25) is 0 Å². The lowest BCUT2D eigenvalue weighted by atomic mass is 9.89. The van der Waals surface area contributed by atoms with Crippen molar-refractivity contribution in [1.29, 1.82) is 0 Å². The van der Waals surface area contributed by atoms with Crippen LogP contribution >= 0.6 is 0 Å². The zero-order valence-electron chi connectivity index (χ0n) is 36.4. The first kappa shape index (κ1) is 32.9. The molecule has 1 heteroatoms. The fourth-order valence-electron chi connectivity index (χ4n) is 8.75. The van der Waals surface area contributed by atoms with Crippen LogP contribution in [0.2, 0.25) is 0 Å². The summed E-state index contributed by atoms with van der Waals surface area (Å²) in [5.74, 6) is 0. The maximum atomic E-state index is 9.89. The van der Waals surface area contributed by atoms with Gasteiger partial charge in [0.05, 0.1) is 9.80 Å². The van der Waals surface area contributed by atoms with Gasteiger partial charge in [-0.1, -0.05) is 206 Å². The van der Waals surface area contributed by atoms with E-state index in [2.05, 4.69) is 169 Å². The highest BCUT2D eigenvalue weighted by Gasteiger charge is 2.20. The molecule has 0 radical (unpaired) electrons. The summed E-state index contributed by atoms with van der Waals surface area (Å²) < 4.78 is 29.3. The van der Waals surface area contributed by atoms with Gasteiger partial charge in [-0.15, -0.1) is 0 Å². The van der Waals surface area contributed by atoms with Crippen LogP contribution in [0, 0.1) is 0 Å². The van der Waals surface area contributed by atoms with E-state index < -0.39 is 0 Å². The van der Waals surface area contributed by atoms with Crippen molar-refractivity contribution in [3.8, 4) is 55.6 Å². The van der Waals surface area contributed by atoms with Crippen molar-refractivity contribution in [1.82, 2.24) is 0 Å². The van der Waals surface area contributed by atoms with Crippen molar-refractivity contribution in [2.45, 2.75) is 0 Å². The third-order valence-electron chi connectivity index (χ3n) is 11.8. The van der Waals surface area contributed by atoms with E-state index >= 15 is 0 Å². The molecule has 0 N–H and O–H groups in total. The predicted octanol–water partition coefficient (Wildman–Crippen LogP) is 17.0. The van der Waals surface area contributed by atoms with Gasteiger partial charge in [0.25, 0.3) is 0 Å². The SMILES string of the molecule is [2H]c1c([2H])c(N(c2ccc(-c3ccc4c(ccc5ccccc54)c3)cc2)c2ccc(-c3c(-c4ccccc4)ccc4ccccc34)cc2)c(-c2ccccc2)c([2H])c1-c1ccccc1. The Morgan fingerprint density at radius 3 is 1.44 bits per heavy atom. The minimum Gasteiger partial charge on any atom is -0.310 e. The number of rotatable bonds is 8. The van der Waals surface area contributed by atoms with Gasteiger partial charge >= 0.3 is 0 Å². The molecule has 11 rings (SSSR count). The van der Waals surface area contributed by atoms with Gasteiger partial charge in [0, 0.05) is 16.9 Å². The molecule has 1 nitrogen and oxygen atoms in total. The third-order valence-corrected chi connectivity index (χ3v) is 11.8. The second-order valence-corrected chi connectivity index (χ2v) is 15.4. The van der Waals surface area contributed by atoms with Crippen molar-refractivity contribution < 1.29 is 4.11 Å². The highest BCUT2D eigenvalue weighted by atomic mass is 15.1. The first-order valence-corrected chi connectivity index (χ1v) is 20.8. The molecule has 0 bridgehead atoms. The Morgan fingerprint density at radius 2 is 0.770 bits per heavy atom. The summed E-state index contributed by atoms with van der Waals surface area (Å²) in [5, 5.41) is 7.20. The molecule has 11 aromatic carbocycles. The molecule has 11 aromatic rings. The molecular formula is C60H41N. The first-order chi connectivity index (χ1) is 31.5. The molecule has 0 saturated heterocycles. The molecule has 61 heavy (non-hydrogen) atoms. The summed E-state index contributed by atoms with van der Waals surface area (Å²) in [4.78, 5) is 2.07. The normalized spacial score (nSPS) is 12.0. The minimum absolute atomic E-state index is 0.0102. The molecule has 0 aliphatic heterocycles. The molecule has 0 aromatic heterocycles. The zero-order valence-corrected chi connectivity index (χ0v) is 33.4. The lowest BCUT2D eigenvalue weighted by Gasteiger charge is -2.29. The minimum atomic E-state index is 0.0102. The second kappa shape index (κ2) is 15.6. The summed E-state index contributed by atoms with van der Waals surface area (Å²) in [5.41, 5.74) is 11.4. The van der Waals surface area contributed by atoms with E-state index in [1.807, 2.05) is 66.7 Å². The van der Waals surface area contributed by atoms with Crippen LogP contribution in [-0.4, -0.2) is 0 Å². The van der Waals surface area contributed by atoms with Crippen molar-refractivity contribution in [2.75, 3.05) is 4.90 Å². The number of nitrogens with zero attached hydrogens (tertiary/aromatic N) is 1. The van der Waals surface area contributed by atoms with Crippen molar-refractivity contribution in [3.05, 3.63) is 249 Å². The standard InChI is InChI=1S/C60H41N/c1-4-14-42(15-5-1)50-32-39-59(58(41-50)45-18-8-3-9-19-45)61(52-33-26-43(27-34-52)49-31-37-55-51(40-49)25-24-46-20-10-12-22-54(46)55)53-35-28-48(29-36-53)60-56-23-13-11-21-47(56)30-38-57(60)44-16-6-2-7-17-44/h1-41H/i32D,39D,41D. The topological polar surface area (TPSA) is 3.24 Å². The van der Waals surface area contributed by atoms with Crippen LogP contribution in [-0.2, 0) is 0 Å². The number of fused-ring (bicyclic) bond motifs is 4. The van der Waals surface area contributed by atoms with E-state index in [1.165, 1.54) is 32.3 Å². The molecule has 0 unspecified atom stereocenters. The van der Waals surface area contributed by atoms with Gasteiger partial charge < -0.3 is 4.90 Å². The highest BCUT2D eigenvalue weighted by molar-refractivity contribution is 6.08. The molecule has 286 valence electrons. The van der Waals surface area contributed by atoms with Crippen molar-refractivity contribution in [2.24, 2.45) is 0 Å². The van der Waals surface area contributed by atoms with Crippen molar-refractivity contribution in [3.63, 3.8) is 0 Å². The van der Waals surface area contributed by atoms with Gasteiger partial charge in [-0.3, -0.25) is 0 Å². The Bertz CT molecular complexity index is 3500. The summed E-state index contributed by atoms with van der Waals surface area (Å²) in [6.07, 6.45) is 0. The Morgan fingerprint density at radius 1 is 0.295 bits per heavy atom. The van der Waals surface area contributed by atoms with Crippen LogP contribution < -0.4 is 4.90 Å². The monoisotopic (exact) mass is 778 g/mol. The third kappa shape index (κ3) is 6.83. The Balaban J connectivity index is 1.11. The molecule has 0 fully saturated rings. The van der Waals surface area contributed by atoms with Crippen LogP contribution in [0.25, 0.3) is 88.0 Å². The molecule has 0 aliphatic carbocycles. The van der Waals surface area contributed by atoms with Crippen LogP contribution in [0.3, 0.4) is 0 Å². The van der Waals surface area contributed by atoms with E-state index in [0.29, 0.717) is 16.8 Å². The van der Waals surface area contributed by atoms with Crippen LogP contribution in [0.4, 0.5) is 17.1 Å². The van der Waals surface area contributed by atoms with Crippen LogP contribution in [0.15, 0.2) is 249 Å². The maximum absolute atomic E-state index is 9.89. The molecular weight excluding hydrogens is 735 g/mol. The van der Waals surface area contributed by atoms with E-state index in [1.54, 1.807) is 0 Å². The fourth-order valence-corrected chi connectivity index (χ4v) is 8.75. The van der Waals surface area contributed by atoms with E-state index in [-0.39, 0.29) is 18.1 Å². The second-order valence-electron chi connectivity index (χ2n) is 15.4. The molecule has 0 atom stereocenters. The zero-order chi connectivity index (χ0) is 43.1. The maximum Gasteiger partial charge on any atom is 0.0645 e. The number of benzene rings is 11. The van der Waals surface area contributed by atoms with E-state index in [0.717, 1.165) is 55.9 Å². The smallest absolute Gasteiger partial charge is 0.0645 e. The largest absolute Gasteiger partial charge is 0.310 e. The summed E-state index contributed by atoms with van der Waals surface area (Å²) in [7, 11) is 0. The van der Waals surface area contributed by atoms with Gasteiger partial charge in [0.1, 0.15) is 0 Å². The molecule has 0 spiro atoms. The molecule has 0 amide bonds. The Labute approximate surface area is 361 Å². The van der Waals surface area contributed by atoms with Gasteiger partial charge in [-0.2, -0.15) is 0 Å². The number of hydrogen-bond donors (Lipinski definition) is 0. The summed E-state index contributed by atoms with van der Waals surface area (Å²) >= 11 is 0. The Hall–Kier alpha value is -8.00. The lowest BCUT2D eigenvalue weighted by Crippen LogP contribution is -2.11. The lowest BCUT2D eigenvalue weighted by molar-refractivity contribution is 1.28. The molecule has 0 aliphatic rings. The van der Waals surface area contributed by atoms with Gasteiger partial charge in [0.15, 0.2) is 0 Å². The summed E-state index contributed by atoms with van der Waals surface area (Å²) in [6, 6.07) is 79.7. The molecule has 0 saturated carbocycles. The van der Waals surface area contributed by atoms with Crippen LogP contribution in [0.1, 0.15) is 4.11 Å². The first-order valence-electron chi connectivity index (χ1n) is 22.3. The fraction of sp³-hybridized carbons (Fsp3) is 0.